The molecule has 0 aliphatic rings. The Morgan fingerprint density at radius 1 is 1.25 bits per heavy atom. The highest BCUT2D eigenvalue weighted by molar-refractivity contribution is 5.93. The highest BCUT2D eigenvalue weighted by atomic mass is 16.4. The van der Waals surface area contributed by atoms with Crippen LogP contribution in [0.4, 0.5) is 0 Å². The number of carboxylic acids is 1. The zero-order chi connectivity index (χ0) is 12.0. The first-order chi connectivity index (χ1) is 7.58. The van der Waals surface area contributed by atoms with E-state index in [0.717, 1.165) is 5.56 Å². The Balaban J connectivity index is 2.50. The van der Waals surface area contributed by atoms with Crippen LogP contribution >= 0.6 is 0 Å². The van der Waals surface area contributed by atoms with Crippen LogP contribution in [0.15, 0.2) is 30.3 Å². The average molecular weight is 221 g/mol. The number of carbonyl (C=O) groups excluding carboxylic acids is 1. The van der Waals surface area contributed by atoms with Gasteiger partial charge in [-0.25, -0.2) is 0 Å². The van der Waals surface area contributed by atoms with Crippen LogP contribution in [0, 0.1) is 0 Å². The predicted molar refractivity (Wildman–Crippen MR) is 57.8 cm³/mol. The Bertz CT molecular complexity index is 408. The topological polar surface area (TPSA) is 86.6 Å². The minimum absolute atomic E-state index is 0.146. The second-order valence-corrected chi connectivity index (χ2v) is 3.04. The molecule has 0 bridgehead atoms. The number of benzene rings is 1. The summed E-state index contributed by atoms with van der Waals surface area (Å²) < 4.78 is 0. The molecule has 5 nitrogen and oxygen atoms in total. The van der Waals surface area contributed by atoms with Gasteiger partial charge in [-0.2, -0.15) is 0 Å². The van der Waals surface area contributed by atoms with E-state index in [1.807, 2.05) is 0 Å². The molecular formula is C11H11NO4. The number of nitrogens with one attached hydrogen (secondary N) is 1. The fraction of sp³-hybridized carbons (Fsp3) is 0.0909. The number of carbonyl (C=O) groups is 2. The number of aliphatic carboxylic acids is 1. The molecule has 1 aromatic rings. The van der Waals surface area contributed by atoms with Crippen LogP contribution in [0.2, 0.25) is 0 Å². The maximum Gasteiger partial charge on any atom is 0.322 e. The number of hydrogen-bond acceptors (Lipinski definition) is 3. The van der Waals surface area contributed by atoms with Crippen LogP contribution in [0.1, 0.15) is 5.56 Å². The molecule has 1 rings (SSSR count). The monoisotopic (exact) mass is 221 g/mol. The van der Waals surface area contributed by atoms with E-state index in [1.165, 1.54) is 24.3 Å². The number of hydrogen-bond donors (Lipinski definition) is 3. The second-order valence-electron chi connectivity index (χ2n) is 3.04. The molecule has 1 amide bonds. The van der Waals surface area contributed by atoms with Crippen molar-refractivity contribution in [3.63, 3.8) is 0 Å². The Kier molecular flexibility index (Phi) is 4.08. The van der Waals surface area contributed by atoms with Crippen molar-refractivity contribution in [3.05, 3.63) is 35.9 Å². The molecule has 1 aromatic carbocycles. The number of carboxylic acid groups (broad SMARTS) is 1. The molecule has 0 saturated heterocycles. The number of amides is 1. The summed E-state index contributed by atoms with van der Waals surface area (Å²) in [5.41, 5.74) is 0.739. The fourth-order valence-electron chi connectivity index (χ4n) is 0.979. The maximum absolute atomic E-state index is 11.1. The summed E-state index contributed by atoms with van der Waals surface area (Å²) in [6.45, 7) is -0.404. The van der Waals surface area contributed by atoms with Crippen molar-refractivity contribution in [1.82, 2.24) is 5.32 Å². The summed E-state index contributed by atoms with van der Waals surface area (Å²) in [6, 6.07) is 6.26. The smallest absolute Gasteiger partial charge is 0.322 e. The molecule has 0 heterocycles. The lowest BCUT2D eigenvalue weighted by molar-refractivity contribution is -0.137. The lowest BCUT2D eigenvalue weighted by Crippen LogP contribution is -2.27. The van der Waals surface area contributed by atoms with Gasteiger partial charge in [-0.05, 0) is 23.8 Å². The third kappa shape index (κ3) is 4.28. The van der Waals surface area contributed by atoms with E-state index in [0.29, 0.717) is 0 Å². The maximum atomic E-state index is 11.1. The molecule has 0 aromatic heterocycles. The van der Waals surface area contributed by atoms with E-state index in [1.54, 1.807) is 12.1 Å². The average Bonchev–Trinajstić information content (AvgIpc) is 2.25. The Hall–Kier alpha value is -2.30. The number of phenols is 1. The van der Waals surface area contributed by atoms with Gasteiger partial charge in [-0.15, -0.1) is 0 Å². The largest absolute Gasteiger partial charge is 0.508 e. The fourth-order valence-corrected chi connectivity index (χ4v) is 0.979. The summed E-state index contributed by atoms with van der Waals surface area (Å²) in [4.78, 5) is 21.2. The molecule has 16 heavy (non-hydrogen) atoms. The molecule has 0 aliphatic carbocycles. The van der Waals surface area contributed by atoms with Crippen molar-refractivity contribution in [3.8, 4) is 5.75 Å². The van der Waals surface area contributed by atoms with Gasteiger partial charge < -0.3 is 15.5 Å². The van der Waals surface area contributed by atoms with E-state index in [-0.39, 0.29) is 5.75 Å². The van der Waals surface area contributed by atoms with Crippen molar-refractivity contribution in [2.24, 2.45) is 0 Å². The van der Waals surface area contributed by atoms with Crippen molar-refractivity contribution >= 4 is 18.0 Å². The molecule has 0 fully saturated rings. The molecule has 0 atom stereocenters. The lowest BCUT2D eigenvalue weighted by atomic mass is 10.2. The predicted octanol–water partition coefficient (Wildman–Crippen LogP) is 0.606. The van der Waals surface area contributed by atoms with Crippen molar-refractivity contribution in [1.29, 1.82) is 0 Å². The molecule has 0 spiro atoms. The summed E-state index contributed by atoms with van der Waals surface area (Å²) in [6.07, 6.45) is 2.76. The zero-order valence-electron chi connectivity index (χ0n) is 8.38. The number of rotatable bonds is 4. The number of aromatic hydroxyl groups is 1. The van der Waals surface area contributed by atoms with Crippen LogP contribution < -0.4 is 5.32 Å². The minimum atomic E-state index is -1.09. The summed E-state index contributed by atoms with van der Waals surface area (Å²) in [7, 11) is 0. The lowest BCUT2D eigenvalue weighted by Gasteiger charge is -1.96. The summed E-state index contributed by atoms with van der Waals surface area (Å²) in [5, 5.41) is 19.5. The molecule has 0 unspecified atom stereocenters. The number of phenolic OH excluding ortho intramolecular Hbond substituents is 1. The highest BCUT2D eigenvalue weighted by Crippen LogP contribution is 2.10. The van der Waals surface area contributed by atoms with Crippen LogP contribution in [-0.4, -0.2) is 28.6 Å². The molecule has 3 N–H and O–H groups in total. The molecule has 0 radical (unpaired) electrons. The van der Waals surface area contributed by atoms with E-state index in [4.69, 9.17) is 10.2 Å². The van der Waals surface area contributed by atoms with Crippen LogP contribution in [0.3, 0.4) is 0 Å². The normalized spacial score (nSPS) is 10.2. The van der Waals surface area contributed by atoms with E-state index < -0.39 is 18.4 Å². The third-order valence-electron chi connectivity index (χ3n) is 1.73. The van der Waals surface area contributed by atoms with Crippen LogP contribution in [0.5, 0.6) is 5.75 Å². The van der Waals surface area contributed by atoms with Crippen molar-refractivity contribution < 1.29 is 19.8 Å². The highest BCUT2D eigenvalue weighted by Gasteiger charge is 1.98. The molecular weight excluding hydrogens is 210 g/mol. The van der Waals surface area contributed by atoms with Gasteiger partial charge in [0.15, 0.2) is 0 Å². The van der Waals surface area contributed by atoms with E-state index in [9.17, 15) is 9.59 Å². The van der Waals surface area contributed by atoms with Gasteiger partial charge in [0, 0.05) is 6.08 Å². The van der Waals surface area contributed by atoms with Gasteiger partial charge in [0.2, 0.25) is 5.91 Å². The van der Waals surface area contributed by atoms with Gasteiger partial charge in [0.25, 0.3) is 0 Å². The first-order valence-corrected chi connectivity index (χ1v) is 4.54. The van der Waals surface area contributed by atoms with Gasteiger partial charge in [0.1, 0.15) is 12.3 Å². The molecule has 84 valence electrons. The summed E-state index contributed by atoms with van der Waals surface area (Å²) in [5.74, 6) is -1.42. The van der Waals surface area contributed by atoms with E-state index >= 15 is 0 Å². The Morgan fingerprint density at radius 2 is 1.88 bits per heavy atom. The van der Waals surface area contributed by atoms with Crippen LogP contribution in [-0.2, 0) is 9.59 Å². The zero-order valence-corrected chi connectivity index (χ0v) is 8.38. The third-order valence-corrected chi connectivity index (χ3v) is 1.73. The van der Waals surface area contributed by atoms with E-state index in [2.05, 4.69) is 5.32 Å². The van der Waals surface area contributed by atoms with Crippen molar-refractivity contribution in [2.45, 2.75) is 0 Å². The second kappa shape index (κ2) is 5.55. The van der Waals surface area contributed by atoms with Crippen LogP contribution in [0.25, 0.3) is 6.08 Å². The molecule has 0 saturated carbocycles. The Labute approximate surface area is 92.0 Å². The molecule has 0 aliphatic heterocycles. The Morgan fingerprint density at radius 3 is 2.44 bits per heavy atom. The first-order valence-electron chi connectivity index (χ1n) is 4.54. The summed E-state index contributed by atoms with van der Waals surface area (Å²) >= 11 is 0. The minimum Gasteiger partial charge on any atom is -0.508 e. The van der Waals surface area contributed by atoms with Gasteiger partial charge in [0.05, 0.1) is 0 Å². The molecule has 5 heteroatoms. The van der Waals surface area contributed by atoms with Gasteiger partial charge in [-0.3, -0.25) is 9.59 Å². The van der Waals surface area contributed by atoms with Gasteiger partial charge >= 0.3 is 5.97 Å². The standard InChI is InChI=1S/C11H11NO4/c13-9-4-1-8(2-5-9)3-6-10(14)12-7-11(15)16/h1-6,13H,7H2,(H,12,14)(H,15,16). The quantitative estimate of drug-likeness (QED) is 0.650. The SMILES string of the molecule is O=C(O)CNC(=O)C=Cc1ccc(O)cc1. The van der Waals surface area contributed by atoms with Crippen molar-refractivity contribution in [2.75, 3.05) is 6.54 Å². The van der Waals surface area contributed by atoms with Gasteiger partial charge in [-0.1, -0.05) is 12.1 Å². The first kappa shape index (κ1) is 11.8.